The summed E-state index contributed by atoms with van der Waals surface area (Å²) in [6.45, 7) is 0.131. The average molecular weight is 249 g/mol. The van der Waals surface area contributed by atoms with Gasteiger partial charge < -0.3 is 9.84 Å². The van der Waals surface area contributed by atoms with Crippen LogP contribution in [0.4, 0.5) is 0 Å². The number of ether oxygens (including phenoxy) is 1. The van der Waals surface area contributed by atoms with E-state index in [1.54, 1.807) is 38.4 Å². The van der Waals surface area contributed by atoms with Gasteiger partial charge in [-0.2, -0.15) is 5.10 Å². The minimum absolute atomic E-state index is 0.131. The van der Waals surface area contributed by atoms with Crippen molar-refractivity contribution in [3.8, 4) is 5.75 Å². The van der Waals surface area contributed by atoms with Gasteiger partial charge in [0.15, 0.2) is 0 Å². The van der Waals surface area contributed by atoms with Crippen LogP contribution in [0, 0.1) is 0 Å². The second-order valence-corrected chi connectivity index (χ2v) is 4.00. The van der Waals surface area contributed by atoms with Gasteiger partial charge in [-0.3, -0.25) is 4.57 Å². The second-order valence-electron chi connectivity index (χ2n) is 4.00. The zero-order chi connectivity index (χ0) is 13.1. The molecule has 0 radical (unpaired) electrons. The Hall–Kier alpha value is -2.08. The number of rotatable bonds is 4. The first-order valence-corrected chi connectivity index (χ1v) is 5.52. The van der Waals surface area contributed by atoms with Crippen LogP contribution in [0.25, 0.3) is 0 Å². The van der Waals surface area contributed by atoms with E-state index in [4.69, 9.17) is 4.74 Å². The van der Waals surface area contributed by atoms with E-state index >= 15 is 0 Å². The highest BCUT2D eigenvalue weighted by Gasteiger charge is 2.11. The Morgan fingerprint density at radius 2 is 2.06 bits per heavy atom. The molecule has 2 aromatic rings. The molecule has 0 aliphatic rings. The van der Waals surface area contributed by atoms with Crippen LogP contribution in [-0.2, 0) is 13.6 Å². The quantitative estimate of drug-likeness (QED) is 0.847. The van der Waals surface area contributed by atoms with Crippen LogP contribution in [0.2, 0.25) is 0 Å². The van der Waals surface area contributed by atoms with Crippen molar-refractivity contribution in [2.75, 3.05) is 7.11 Å². The normalized spacial score (nSPS) is 12.4. The number of aryl methyl sites for hydroxylation is 1. The fourth-order valence-corrected chi connectivity index (χ4v) is 1.64. The molecule has 0 saturated heterocycles. The predicted octanol–water partition coefficient (Wildman–Crippen LogP) is 0.324. The molecule has 1 unspecified atom stereocenters. The van der Waals surface area contributed by atoms with E-state index in [0.29, 0.717) is 5.56 Å². The van der Waals surface area contributed by atoms with E-state index in [0.717, 1.165) is 5.75 Å². The summed E-state index contributed by atoms with van der Waals surface area (Å²) < 4.78 is 7.63. The summed E-state index contributed by atoms with van der Waals surface area (Å²) >= 11 is 0. The number of nitrogens with zero attached hydrogens (tertiary/aromatic N) is 3. The molecule has 0 bridgehead atoms. The van der Waals surface area contributed by atoms with Gasteiger partial charge in [0, 0.05) is 7.05 Å². The van der Waals surface area contributed by atoms with Gasteiger partial charge in [-0.1, -0.05) is 12.1 Å². The lowest BCUT2D eigenvalue weighted by Gasteiger charge is -2.10. The zero-order valence-electron chi connectivity index (χ0n) is 10.3. The summed E-state index contributed by atoms with van der Waals surface area (Å²) in [5.74, 6) is 0.723. The summed E-state index contributed by atoms with van der Waals surface area (Å²) in [6.07, 6.45) is 0.645. The highest BCUT2D eigenvalue weighted by atomic mass is 16.5. The van der Waals surface area contributed by atoms with Gasteiger partial charge in [-0.05, 0) is 17.7 Å². The van der Waals surface area contributed by atoms with Crippen LogP contribution in [0.1, 0.15) is 11.7 Å². The SMILES string of the molecule is COc1ccc(C(O)Cn2ncn(C)c2=O)cc1. The molecule has 0 aliphatic heterocycles. The lowest BCUT2D eigenvalue weighted by molar-refractivity contribution is 0.149. The van der Waals surface area contributed by atoms with E-state index in [9.17, 15) is 9.90 Å². The van der Waals surface area contributed by atoms with Gasteiger partial charge in [-0.15, -0.1) is 0 Å². The Bertz CT molecular complexity index is 571. The number of benzene rings is 1. The Kier molecular flexibility index (Phi) is 3.47. The molecule has 0 spiro atoms. The van der Waals surface area contributed by atoms with Crippen molar-refractivity contribution in [2.45, 2.75) is 12.6 Å². The molecule has 0 amide bonds. The maximum Gasteiger partial charge on any atom is 0.345 e. The van der Waals surface area contributed by atoms with Gasteiger partial charge in [0.1, 0.15) is 12.1 Å². The lowest BCUT2D eigenvalue weighted by Crippen LogP contribution is -2.25. The maximum atomic E-state index is 11.6. The monoisotopic (exact) mass is 249 g/mol. The molecule has 1 N–H and O–H groups in total. The van der Waals surface area contributed by atoms with Crippen molar-refractivity contribution in [3.05, 3.63) is 46.6 Å². The molecule has 96 valence electrons. The summed E-state index contributed by atoms with van der Waals surface area (Å²) in [5.41, 5.74) is 0.468. The molecule has 6 nitrogen and oxygen atoms in total. The molecule has 2 rings (SSSR count). The largest absolute Gasteiger partial charge is 0.497 e. The third-order valence-electron chi connectivity index (χ3n) is 2.73. The first-order valence-electron chi connectivity index (χ1n) is 5.52. The van der Waals surface area contributed by atoms with Crippen molar-refractivity contribution in [1.82, 2.24) is 14.3 Å². The van der Waals surface area contributed by atoms with Crippen LogP contribution in [0.15, 0.2) is 35.4 Å². The highest BCUT2D eigenvalue weighted by Crippen LogP contribution is 2.18. The molecular weight excluding hydrogens is 234 g/mol. The van der Waals surface area contributed by atoms with Gasteiger partial charge in [0.2, 0.25) is 0 Å². The summed E-state index contributed by atoms with van der Waals surface area (Å²) in [4.78, 5) is 11.6. The Balaban J connectivity index is 2.14. The molecule has 1 heterocycles. The predicted molar refractivity (Wildman–Crippen MR) is 65.4 cm³/mol. The van der Waals surface area contributed by atoms with Crippen LogP contribution >= 0.6 is 0 Å². The van der Waals surface area contributed by atoms with Crippen LogP contribution < -0.4 is 10.4 Å². The minimum Gasteiger partial charge on any atom is -0.497 e. The van der Waals surface area contributed by atoms with E-state index in [1.165, 1.54) is 15.6 Å². The average Bonchev–Trinajstić information content (AvgIpc) is 2.71. The summed E-state index contributed by atoms with van der Waals surface area (Å²) in [7, 11) is 3.20. The third kappa shape index (κ3) is 2.43. The van der Waals surface area contributed by atoms with Crippen molar-refractivity contribution < 1.29 is 9.84 Å². The van der Waals surface area contributed by atoms with E-state index in [1.807, 2.05) is 0 Å². The number of aliphatic hydroxyl groups excluding tert-OH is 1. The Labute approximate surface area is 104 Å². The number of aromatic nitrogens is 3. The maximum absolute atomic E-state index is 11.6. The second kappa shape index (κ2) is 5.05. The van der Waals surface area contributed by atoms with Gasteiger partial charge in [0.25, 0.3) is 0 Å². The fourth-order valence-electron chi connectivity index (χ4n) is 1.64. The minimum atomic E-state index is -0.775. The molecule has 0 aliphatic carbocycles. The molecular formula is C12H15N3O3. The van der Waals surface area contributed by atoms with Crippen LogP contribution in [-0.4, -0.2) is 26.6 Å². The van der Waals surface area contributed by atoms with Gasteiger partial charge in [0.05, 0.1) is 19.8 Å². The zero-order valence-corrected chi connectivity index (χ0v) is 10.3. The summed E-state index contributed by atoms with van der Waals surface area (Å²) in [6, 6.07) is 7.05. The van der Waals surface area contributed by atoms with Crippen molar-refractivity contribution in [3.63, 3.8) is 0 Å². The molecule has 6 heteroatoms. The van der Waals surface area contributed by atoms with E-state index in [-0.39, 0.29) is 12.2 Å². The Morgan fingerprint density at radius 3 is 2.56 bits per heavy atom. The van der Waals surface area contributed by atoms with Crippen molar-refractivity contribution >= 4 is 0 Å². The molecule has 1 aromatic carbocycles. The third-order valence-corrected chi connectivity index (χ3v) is 2.73. The molecule has 18 heavy (non-hydrogen) atoms. The molecule has 0 saturated carbocycles. The summed E-state index contributed by atoms with van der Waals surface area (Å²) in [5, 5.41) is 13.9. The number of aliphatic hydroxyl groups is 1. The number of hydrogen-bond donors (Lipinski definition) is 1. The highest BCUT2D eigenvalue weighted by molar-refractivity contribution is 5.28. The smallest absolute Gasteiger partial charge is 0.345 e. The van der Waals surface area contributed by atoms with Crippen LogP contribution in [0.3, 0.4) is 0 Å². The number of hydrogen-bond acceptors (Lipinski definition) is 4. The Morgan fingerprint density at radius 1 is 1.39 bits per heavy atom. The first-order chi connectivity index (χ1) is 8.61. The molecule has 1 atom stereocenters. The topological polar surface area (TPSA) is 69.3 Å². The van der Waals surface area contributed by atoms with E-state index < -0.39 is 6.10 Å². The van der Waals surface area contributed by atoms with Crippen molar-refractivity contribution in [1.29, 1.82) is 0 Å². The molecule has 1 aromatic heterocycles. The first kappa shape index (κ1) is 12.4. The van der Waals surface area contributed by atoms with E-state index in [2.05, 4.69) is 5.10 Å². The van der Waals surface area contributed by atoms with Crippen LogP contribution in [0.5, 0.6) is 5.75 Å². The van der Waals surface area contributed by atoms with Crippen molar-refractivity contribution in [2.24, 2.45) is 7.05 Å². The fraction of sp³-hybridized carbons (Fsp3) is 0.333. The van der Waals surface area contributed by atoms with Gasteiger partial charge >= 0.3 is 5.69 Å². The standard InChI is InChI=1S/C12H15N3O3/c1-14-8-13-15(12(14)17)7-11(16)9-3-5-10(18-2)6-4-9/h3-6,8,11,16H,7H2,1-2H3. The lowest BCUT2D eigenvalue weighted by atomic mass is 10.1. The van der Waals surface area contributed by atoms with Gasteiger partial charge in [-0.25, -0.2) is 9.48 Å². The molecule has 0 fully saturated rings. The number of methoxy groups -OCH3 is 1.